The summed E-state index contributed by atoms with van der Waals surface area (Å²) in [5.74, 6) is 0.263. The summed E-state index contributed by atoms with van der Waals surface area (Å²) in [7, 11) is 0. The third-order valence-electron chi connectivity index (χ3n) is 5.32. The van der Waals surface area contributed by atoms with E-state index in [1.807, 2.05) is 30.3 Å². The Morgan fingerprint density at radius 3 is 2.71 bits per heavy atom. The molecule has 0 bridgehead atoms. The van der Waals surface area contributed by atoms with Crippen LogP contribution in [0, 0.1) is 5.92 Å². The molecule has 3 aromatic rings. The van der Waals surface area contributed by atoms with E-state index < -0.39 is 0 Å². The molecule has 0 saturated carbocycles. The monoisotopic (exact) mass is 390 g/mol. The maximum atomic E-state index is 12.6. The summed E-state index contributed by atoms with van der Waals surface area (Å²) in [5.41, 5.74) is 3.74. The van der Waals surface area contributed by atoms with Gasteiger partial charge in [-0.25, -0.2) is 0 Å². The number of thiophene rings is 1. The van der Waals surface area contributed by atoms with Crippen molar-refractivity contribution in [2.75, 3.05) is 13.1 Å². The topological polar surface area (TPSA) is 32.3 Å². The summed E-state index contributed by atoms with van der Waals surface area (Å²) in [5, 5.41) is 5.23. The zero-order valence-electron chi connectivity index (χ0n) is 16.0. The molecule has 4 rings (SSSR count). The van der Waals surface area contributed by atoms with E-state index in [1.165, 1.54) is 16.0 Å². The second-order valence-corrected chi connectivity index (χ2v) is 8.40. The molecule has 28 heavy (non-hydrogen) atoms. The number of rotatable bonds is 6. The number of nitrogens with zero attached hydrogens (tertiary/aromatic N) is 1. The van der Waals surface area contributed by atoms with E-state index in [1.54, 1.807) is 11.3 Å². The highest BCUT2D eigenvalue weighted by Crippen LogP contribution is 2.26. The normalized spacial score (nSPS) is 17.4. The van der Waals surface area contributed by atoms with Gasteiger partial charge in [-0.05, 0) is 53.6 Å². The van der Waals surface area contributed by atoms with Crippen molar-refractivity contribution < 1.29 is 4.79 Å². The van der Waals surface area contributed by atoms with Crippen molar-refractivity contribution in [2.24, 2.45) is 5.92 Å². The van der Waals surface area contributed by atoms with E-state index in [9.17, 15) is 4.79 Å². The molecule has 1 N–H and O–H groups in total. The number of nitrogens with one attached hydrogen (secondary N) is 1. The lowest BCUT2D eigenvalue weighted by atomic mass is 9.96. The average Bonchev–Trinajstić information content (AvgIpc) is 3.28. The third kappa shape index (κ3) is 4.89. The minimum absolute atomic E-state index is 0.0814. The molecule has 1 unspecified atom stereocenters. The molecule has 0 spiro atoms. The Kier molecular flexibility index (Phi) is 6.20. The van der Waals surface area contributed by atoms with Crippen molar-refractivity contribution >= 4 is 17.2 Å². The summed E-state index contributed by atoms with van der Waals surface area (Å²) in [6, 6.07) is 23.2. The SMILES string of the molecule is O=C(NCc1ccccc1)C1CCCN(Cc2cccc(-c3cccs3)c2)C1. The van der Waals surface area contributed by atoms with Gasteiger partial charge < -0.3 is 5.32 Å². The molecule has 1 aliphatic heterocycles. The maximum Gasteiger partial charge on any atom is 0.224 e. The van der Waals surface area contributed by atoms with Gasteiger partial charge in [-0.3, -0.25) is 9.69 Å². The molecule has 2 heterocycles. The highest BCUT2D eigenvalue weighted by molar-refractivity contribution is 7.13. The standard InChI is InChI=1S/C24H26N2OS/c27-24(25-16-19-7-2-1-3-8-19)22-11-5-13-26(18-22)17-20-9-4-10-21(15-20)23-12-6-14-28-23/h1-4,6-10,12,14-15,22H,5,11,13,16-18H2,(H,25,27). The number of amides is 1. The maximum absolute atomic E-state index is 12.6. The van der Waals surface area contributed by atoms with Crippen molar-refractivity contribution in [1.29, 1.82) is 0 Å². The van der Waals surface area contributed by atoms with Crippen LogP contribution < -0.4 is 5.32 Å². The smallest absolute Gasteiger partial charge is 0.224 e. The van der Waals surface area contributed by atoms with Crippen LogP contribution in [0.25, 0.3) is 10.4 Å². The van der Waals surface area contributed by atoms with Crippen LogP contribution in [-0.4, -0.2) is 23.9 Å². The minimum Gasteiger partial charge on any atom is -0.352 e. The Morgan fingerprint density at radius 1 is 1.04 bits per heavy atom. The van der Waals surface area contributed by atoms with Crippen LogP contribution in [0.1, 0.15) is 24.0 Å². The summed E-state index contributed by atoms with van der Waals surface area (Å²) in [6.45, 7) is 3.41. The summed E-state index contributed by atoms with van der Waals surface area (Å²) >= 11 is 1.77. The number of hydrogen-bond donors (Lipinski definition) is 1. The lowest BCUT2D eigenvalue weighted by Gasteiger charge is -2.32. The van der Waals surface area contributed by atoms with Gasteiger partial charge in [0.15, 0.2) is 0 Å². The van der Waals surface area contributed by atoms with Crippen molar-refractivity contribution in [3.8, 4) is 10.4 Å². The third-order valence-corrected chi connectivity index (χ3v) is 6.24. The van der Waals surface area contributed by atoms with Crippen LogP contribution in [-0.2, 0) is 17.9 Å². The first kappa shape index (κ1) is 18.9. The predicted molar refractivity (Wildman–Crippen MR) is 116 cm³/mol. The summed E-state index contributed by atoms with van der Waals surface area (Å²) in [6.07, 6.45) is 2.06. The highest BCUT2D eigenvalue weighted by Gasteiger charge is 2.25. The van der Waals surface area contributed by atoms with Gasteiger partial charge in [-0.2, -0.15) is 0 Å². The van der Waals surface area contributed by atoms with E-state index in [0.29, 0.717) is 6.54 Å². The second-order valence-electron chi connectivity index (χ2n) is 7.46. The highest BCUT2D eigenvalue weighted by atomic mass is 32.1. The quantitative estimate of drug-likeness (QED) is 0.646. The molecule has 2 aromatic carbocycles. The van der Waals surface area contributed by atoms with Gasteiger partial charge in [0.1, 0.15) is 0 Å². The van der Waals surface area contributed by atoms with E-state index in [4.69, 9.17) is 0 Å². The zero-order chi connectivity index (χ0) is 19.2. The molecule has 144 valence electrons. The first-order valence-corrected chi connectivity index (χ1v) is 10.8. The van der Waals surface area contributed by atoms with Gasteiger partial charge in [0.05, 0.1) is 5.92 Å². The van der Waals surface area contributed by atoms with E-state index >= 15 is 0 Å². The van der Waals surface area contributed by atoms with Gasteiger partial charge >= 0.3 is 0 Å². The first-order chi connectivity index (χ1) is 13.8. The number of hydrogen-bond acceptors (Lipinski definition) is 3. The predicted octanol–water partition coefficient (Wildman–Crippen LogP) is 4.94. The Morgan fingerprint density at radius 2 is 1.89 bits per heavy atom. The molecule has 1 atom stereocenters. The Labute approximate surface area is 171 Å². The number of carbonyl (C=O) groups is 1. The van der Waals surface area contributed by atoms with Gasteiger partial charge in [0, 0.05) is 24.5 Å². The van der Waals surface area contributed by atoms with Crippen LogP contribution in [0.15, 0.2) is 72.1 Å². The number of piperidine rings is 1. The van der Waals surface area contributed by atoms with Gasteiger partial charge in [0.25, 0.3) is 0 Å². The van der Waals surface area contributed by atoms with E-state index in [-0.39, 0.29) is 11.8 Å². The van der Waals surface area contributed by atoms with Crippen LogP contribution in [0.4, 0.5) is 0 Å². The van der Waals surface area contributed by atoms with Crippen LogP contribution in [0.3, 0.4) is 0 Å². The Balaban J connectivity index is 1.34. The largest absolute Gasteiger partial charge is 0.352 e. The van der Waals surface area contributed by atoms with Crippen LogP contribution in [0.5, 0.6) is 0 Å². The van der Waals surface area contributed by atoms with Crippen LogP contribution in [0.2, 0.25) is 0 Å². The van der Waals surface area contributed by atoms with Crippen molar-refractivity contribution in [3.05, 3.63) is 83.2 Å². The summed E-state index contributed by atoms with van der Waals surface area (Å²) in [4.78, 5) is 16.4. The van der Waals surface area contributed by atoms with E-state index in [0.717, 1.165) is 38.0 Å². The molecule has 4 heteroatoms. The van der Waals surface area contributed by atoms with Gasteiger partial charge in [-0.15, -0.1) is 11.3 Å². The fourth-order valence-corrected chi connectivity index (χ4v) is 4.59. The fourth-order valence-electron chi connectivity index (χ4n) is 3.87. The molecule has 0 aliphatic carbocycles. The Bertz CT molecular complexity index is 892. The lowest BCUT2D eigenvalue weighted by molar-refractivity contribution is -0.126. The molecular weight excluding hydrogens is 364 g/mol. The minimum atomic E-state index is 0.0814. The van der Waals surface area contributed by atoms with Crippen molar-refractivity contribution in [3.63, 3.8) is 0 Å². The number of likely N-dealkylation sites (tertiary alicyclic amines) is 1. The van der Waals surface area contributed by atoms with E-state index in [2.05, 4.69) is 52.0 Å². The first-order valence-electron chi connectivity index (χ1n) is 9.95. The van der Waals surface area contributed by atoms with Gasteiger partial charge in [-0.1, -0.05) is 54.6 Å². The molecule has 3 nitrogen and oxygen atoms in total. The molecular formula is C24H26N2OS. The van der Waals surface area contributed by atoms with Crippen molar-refractivity contribution in [1.82, 2.24) is 10.2 Å². The Hall–Kier alpha value is -2.43. The zero-order valence-corrected chi connectivity index (χ0v) is 16.8. The number of carbonyl (C=O) groups excluding carboxylic acids is 1. The second kappa shape index (κ2) is 9.18. The summed E-state index contributed by atoms with van der Waals surface area (Å²) < 4.78 is 0. The molecule has 1 amide bonds. The van der Waals surface area contributed by atoms with Crippen molar-refractivity contribution in [2.45, 2.75) is 25.9 Å². The van der Waals surface area contributed by atoms with Crippen LogP contribution >= 0.6 is 11.3 Å². The molecule has 1 aromatic heterocycles. The number of benzene rings is 2. The molecule has 1 saturated heterocycles. The van der Waals surface area contributed by atoms with Gasteiger partial charge in [0.2, 0.25) is 5.91 Å². The molecule has 1 aliphatic rings. The molecule has 0 radical (unpaired) electrons. The average molecular weight is 391 g/mol. The molecule has 1 fully saturated rings. The fraction of sp³-hybridized carbons (Fsp3) is 0.292. The lowest BCUT2D eigenvalue weighted by Crippen LogP contribution is -2.42.